The summed E-state index contributed by atoms with van der Waals surface area (Å²) < 4.78 is 1.74. The number of hydrogen-bond donors (Lipinski definition) is 1. The summed E-state index contributed by atoms with van der Waals surface area (Å²) in [5, 5.41) is 7.40. The lowest BCUT2D eigenvalue weighted by molar-refractivity contribution is -0.120. The van der Waals surface area contributed by atoms with Crippen LogP contribution in [-0.2, 0) is 17.6 Å². The Morgan fingerprint density at radius 2 is 2.04 bits per heavy atom. The molecule has 1 fully saturated rings. The van der Waals surface area contributed by atoms with E-state index in [0.29, 0.717) is 12.3 Å². The van der Waals surface area contributed by atoms with Gasteiger partial charge in [-0.2, -0.15) is 14.6 Å². The summed E-state index contributed by atoms with van der Waals surface area (Å²) in [6.07, 6.45) is 8.62. The molecule has 1 atom stereocenters. The fourth-order valence-electron chi connectivity index (χ4n) is 4.26. The number of nitrogens with one attached hydrogen (secondary N) is 1. The number of carbonyl (C=O) groups is 1. The van der Waals surface area contributed by atoms with Crippen molar-refractivity contribution in [1.82, 2.24) is 19.6 Å². The summed E-state index contributed by atoms with van der Waals surface area (Å²) in [4.78, 5) is 23.4. The molecule has 1 aliphatic carbocycles. The van der Waals surface area contributed by atoms with Gasteiger partial charge in [-0.05, 0) is 61.4 Å². The first-order chi connectivity index (χ1) is 13.3. The first-order valence-electron chi connectivity index (χ1n) is 9.60. The molecular weight excluding hydrogens is 340 g/mol. The number of amides is 1. The minimum Gasteiger partial charge on any atom is -0.356 e. The average molecular weight is 362 g/mol. The number of fused-ring (bicyclic) bond motifs is 2. The fourth-order valence-corrected chi connectivity index (χ4v) is 4.26. The Hall–Kier alpha value is -2.96. The Morgan fingerprint density at radius 3 is 3.00 bits per heavy atom. The highest BCUT2D eigenvalue weighted by Crippen LogP contribution is 2.27. The molecule has 1 N–H and O–H groups in total. The predicted molar refractivity (Wildman–Crippen MR) is 103 cm³/mol. The van der Waals surface area contributed by atoms with Gasteiger partial charge in [0.2, 0.25) is 5.91 Å². The largest absolute Gasteiger partial charge is 0.356 e. The SMILES string of the molecule is O=C(Nc1ccc2c(c1)CCC2)C1CCCN(c2ccnc3ncnn23)C1. The predicted octanol–water partition coefficient (Wildman–Crippen LogP) is 2.47. The number of nitrogens with zero attached hydrogens (tertiary/aromatic N) is 5. The summed E-state index contributed by atoms with van der Waals surface area (Å²) in [5.74, 6) is 1.57. The molecule has 27 heavy (non-hydrogen) atoms. The van der Waals surface area contributed by atoms with Crippen LogP contribution in [0.5, 0.6) is 0 Å². The molecule has 2 aliphatic rings. The Bertz CT molecular complexity index is 997. The van der Waals surface area contributed by atoms with Crippen molar-refractivity contribution in [3.8, 4) is 0 Å². The van der Waals surface area contributed by atoms with Gasteiger partial charge in [0.05, 0.1) is 5.92 Å². The summed E-state index contributed by atoms with van der Waals surface area (Å²) >= 11 is 0. The summed E-state index contributed by atoms with van der Waals surface area (Å²) in [5.41, 5.74) is 3.72. The molecule has 1 aliphatic heterocycles. The maximum atomic E-state index is 12.9. The molecule has 3 aromatic rings. The Labute approximate surface area is 157 Å². The van der Waals surface area contributed by atoms with Crippen molar-refractivity contribution in [2.75, 3.05) is 23.3 Å². The molecule has 5 rings (SSSR count). The van der Waals surface area contributed by atoms with Crippen molar-refractivity contribution < 1.29 is 4.79 Å². The van der Waals surface area contributed by atoms with Crippen LogP contribution in [-0.4, -0.2) is 38.6 Å². The van der Waals surface area contributed by atoms with Crippen LogP contribution in [0.2, 0.25) is 0 Å². The van der Waals surface area contributed by atoms with E-state index in [1.165, 1.54) is 23.9 Å². The zero-order valence-electron chi connectivity index (χ0n) is 15.1. The highest BCUT2D eigenvalue weighted by molar-refractivity contribution is 5.93. The average Bonchev–Trinajstić information content (AvgIpc) is 3.36. The zero-order chi connectivity index (χ0) is 18.2. The molecule has 1 saturated heterocycles. The fraction of sp³-hybridized carbons (Fsp3) is 0.400. The summed E-state index contributed by atoms with van der Waals surface area (Å²) in [7, 11) is 0. The van der Waals surface area contributed by atoms with Crippen LogP contribution in [0.4, 0.5) is 11.5 Å². The van der Waals surface area contributed by atoms with E-state index in [9.17, 15) is 4.79 Å². The van der Waals surface area contributed by atoms with Gasteiger partial charge in [-0.3, -0.25) is 4.79 Å². The van der Waals surface area contributed by atoms with E-state index >= 15 is 0 Å². The van der Waals surface area contributed by atoms with Crippen LogP contribution in [0.3, 0.4) is 0 Å². The maximum Gasteiger partial charge on any atom is 0.254 e. The molecule has 3 heterocycles. The van der Waals surface area contributed by atoms with Crippen LogP contribution in [0, 0.1) is 5.92 Å². The number of hydrogen-bond acceptors (Lipinski definition) is 5. The van der Waals surface area contributed by atoms with Crippen LogP contribution >= 0.6 is 0 Å². The molecule has 0 bridgehead atoms. The van der Waals surface area contributed by atoms with Gasteiger partial charge in [-0.1, -0.05) is 6.07 Å². The minimum atomic E-state index is -0.0428. The summed E-state index contributed by atoms with van der Waals surface area (Å²) in [6.45, 7) is 1.58. The van der Waals surface area contributed by atoms with Gasteiger partial charge in [0.1, 0.15) is 12.1 Å². The lowest BCUT2D eigenvalue weighted by atomic mass is 9.97. The number of benzene rings is 1. The Balaban J connectivity index is 1.32. The third-order valence-corrected chi connectivity index (χ3v) is 5.64. The highest BCUT2D eigenvalue weighted by atomic mass is 16.1. The highest BCUT2D eigenvalue weighted by Gasteiger charge is 2.27. The quantitative estimate of drug-likeness (QED) is 0.775. The number of anilines is 2. The number of rotatable bonds is 3. The Kier molecular flexibility index (Phi) is 3.99. The van der Waals surface area contributed by atoms with Gasteiger partial charge >= 0.3 is 0 Å². The lowest BCUT2D eigenvalue weighted by Gasteiger charge is -2.33. The number of carbonyl (C=O) groups excluding carboxylic acids is 1. The number of aromatic nitrogens is 4. The zero-order valence-corrected chi connectivity index (χ0v) is 15.1. The van der Waals surface area contributed by atoms with Crippen LogP contribution in [0.15, 0.2) is 36.8 Å². The third kappa shape index (κ3) is 3.03. The molecular formula is C20H22N6O. The van der Waals surface area contributed by atoms with Crippen molar-refractivity contribution in [3.05, 3.63) is 47.9 Å². The first kappa shape index (κ1) is 16.2. The molecule has 2 aromatic heterocycles. The first-order valence-corrected chi connectivity index (χ1v) is 9.60. The van der Waals surface area contributed by atoms with Crippen molar-refractivity contribution >= 4 is 23.2 Å². The molecule has 1 unspecified atom stereocenters. The van der Waals surface area contributed by atoms with E-state index in [4.69, 9.17) is 0 Å². The number of aryl methyl sites for hydroxylation is 2. The van der Waals surface area contributed by atoms with Gasteiger partial charge in [0.15, 0.2) is 0 Å². The second-order valence-electron chi connectivity index (χ2n) is 7.39. The van der Waals surface area contributed by atoms with E-state index in [2.05, 4.69) is 37.4 Å². The molecule has 7 nitrogen and oxygen atoms in total. The minimum absolute atomic E-state index is 0.0428. The Morgan fingerprint density at radius 1 is 1.11 bits per heavy atom. The molecule has 0 spiro atoms. The van der Waals surface area contributed by atoms with Gasteiger partial charge in [0, 0.05) is 25.0 Å². The lowest BCUT2D eigenvalue weighted by Crippen LogP contribution is -2.41. The van der Waals surface area contributed by atoms with Crippen LogP contribution in [0.1, 0.15) is 30.4 Å². The smallest absolute Gasteiger partial charge is 0.254 e. The van der Waals surface area contributed by atoms with Crippen LogP contribution < -0.4 is 10.2 Å². The molecule has 0 radical (unpaired) electrons. The van der Waals surface area contributed by atoms with Gasteiger partial charge in [0.25, 0.3) is 5.78 Å². The standard InChI is InChI=1S/C20H22N6O/c27-19(24-17-7-6-14-3-1-4-15(14)11-17)16-5-2-10-25(12-16)18-8-9-21-20-22-13-23-26(18)20/h6-9,11,13,16H,1-5,10,12H2,(H,24,27). The normalized spacial score (nSPS) is 19.3. The second kappa shape index (κ2) is 6.64. The topological polar surface area (TPSA) is 75.4 Å². The van der Waals surface area contributed by atoms with Gasteiger partial charge < -0.3 is 10.2 Å². The van der Waals surface area contributed by atoms with Crippen molar-refractivity contribution in [2.45, 2.75) is 32.1 Å². The van der Waals surface area contributed by atoms with E-state index < -0.39 is 0 Å². The van der Waals surface area contributed by atoms with Crippen LogP contribution in [0.25, 0.3) is 5.78 Å². The van der Waals surface area contributed by atoms with E-state index in [1.54, 1.807) is 10.7 Å². The monoisotopic (exact) mass is 362 g/mol. The molecule has 7 heteroatoms. The van der Waals surface area contributed by atoms with Crippen molar-refractivity contribution in [3.63, 3.8) is 0 Å². The van der Waals surface area contributed by atoms with Gasteiger partial charge in [-0.25, -0.2) is 4.98 Å². The number of piperidine rings is 1. The van der Waals surface area contributed by atoms with Crippen molar-refractivity contribution in [2.24, 2.45) is 5.92 Å². The maximum absolute atomic E-state index is 12.9. The molecule has 1 amide bonds. The van der Waals surface area contributed by atoms with Crippen molar-refractivity contribution in [1.29, 1.82) is 0 Å². The van der Waals surface area contributed by atoms with E-state index in [1.807, 2.05) is 12.1 Å². The summed E-state index contributed by atoms with van der Waals surface area (Å²) in [6, 6.07) is 8.26. The van der Waals surface area contributed by atoms with Gasteiger partial charge in [-0.15, -0.1) is 0 Å². The van der Waals surface area contributed by atoms with E-state index in [0.717, 1.165) is 43.7 Å². The third-order valence-electron chi connectivity index (χ3n) is 5.64. The molecule has 0 saturated carbocycles. The second-order valence-corrected chi connectivity index (χ2v) is 7.39. The molecule has 1 aromatic carbocycles. The molecule has 138 valence electrons. The van der Waals surface area contributed by atoms with E-state index in [-0.39, 0.29) is 11.8 Å².